The first-order valence-corrected chi connectivity index (χ1v) is 7.26. The second kappa shape index (κ2) is 5.35. The van der Waals surface area contributed by atoms with E-state index in [0.717, 1.165) is 11.4 Å². The fourth-order valence-electron chi connectivity index (χ4n) is 1.71. The number of aryl methyl sites for hydroxylation is 1. The van der Waals surface area contributed by atoms with Crippen molar-refractivity contribution in [2.24, 2.45) is 0 Å². The molecule has 0 aliphatic carbocycles. The minimum absolute atomic E-state index is 0.364. The van der Waals surface area contributed by atoms with Gasteiger partial charge >= 0.3 is 0 Å². The standard InChI is InChI=1S/C13H12BrClS/c1-9-7-10(15)4-5-12(9)13(14)8-11-3-2-6-16-11/h2-7,13H,8H2,1H3. The predicted octanol–water partition coefficient (Wildman–Crippen LogP) is 5.39. The molecule has 1 unspecified atom stereocenters. The largest absolute Gasteiger partial charge is 0.149 e. The van der Waals surface area contributed by atoms with Gasteiger partial charge < -0.3 is 0 Å². The van der Waals surface area contributed by atoms with Crippen molar-refractivity contribution < 1.29 is 0 Å². The van der Waals surface area contributed by atoms with Gasteiger partial charge in [-0.1, -0.05) is 39.7 Å². The third-order valence-corrected chi connectivity index (χ3v) is 4.48. The molecule has 0 aliphatic rings. The van der Waals surface area contributed by atoms with E-state index >= 15 is 0 Å². The summed E-state index contributed by atoms with van der Waals surface area (Å²) in [6.07, 6.45) is 1.03. The summed E-state index contributed by atoms with van der Waals surface area (Å²) in [6, 6.07) is 10.3. The van der Waals surface area contributed by atoms with Crippen LogP contribution in [-0.2, 0) is 6.42 Å². The average Bonchev–Trinajstić information content (AvgIpc) is 2.70. The van der Waals surface area contributed by atoms with Crippen LogP contribution in [0.4, 0.5) is 0 Å². The molecule has 0 N–H and O–H groups in total. The highest BCUT2D eigenvalue weighted by Gasteiger charge is 2.11. The first-order chi connectivity index (χ1) is 7.66. The molecule has 2 rings (SSSR count). The van der Waals surface area contributed by atoms with Crippen LogP contribution in [-0.4, -0.2) is 0 Å². The Morgan fingerprint density at radius 1 is 1.38 bits per heavy atom. The number of hydrogen-bond acceptors (Lipinski definition) is 1. The molecule has 0 amide bonds. The highest BCUT2D eigenvalue weighted by molar-refractivity contribution is 9.09. The molecule has 0 radical (unpaired) electrons. The summed E-state index contributed by atoms with van der Waals surface area (Å²) in [5.74, 6) is 0. The van der Waals surface area contributed by atoms with Crippen LogP contribution in [0.2, 0.25) is 5.02 Å². The van der Waals surface area contributed by atoms with Gasteiger partial charge in [0, 0.05) is 14.7 Å². The fraction of sp³-hybridized carbons (Fsp3) is 0.231. The van der Waals surface area contributed by atoms with Crippen LogP contribution in [0.5, 0.6) is 0 Å². The molecule has 0 saturated heterocycles. The van der Waals surface area contributed by atoms with E-state index in [9.17, 15) is 0 Å². The summed E-state index contributed by atoms with van der Waals surface area (Å²) in [5, 5.41) is 2.92. The van der Waals surface area contributed by atoms with E-state index in [0.29, 0.717) is 4.83 Å². The van der Waals surface area contributed by atoms with Gasteiger partial charge in [-0.05, 0) is 48.1 Å². The van der Waals surface area contributed by atoms with Crippen molar-refractivity contribution >= 4 is 38.9 Å². The molecular weight excluding hydrogens is 304 g/mol. The Balaban J connectivity index is 2.17. The Kier molecular flexibility index (Phi) is 4.06. The minimum Gasteiger partial charge on any atom is -0.149 e. The van der Waals surface area contributed by atoms with Crippen LogP contribution < -0.4 is 0 Å². The lowest BCUT2D eigenvalue weighted by Crippen LogP contribution is -1.96. The van der Waals surface area contributed by atoms with E-state index in [2.05, 4.69) is 46.4 Å². The van der Waals surface area contributed by atoms with Crippen LogP contribution >= 0.6 is 38.9 Å². The number of rotatable bonds is 3. The highest BCUT2D eigenvalue weighted by Crippen LogP contribution is 2.31. The van der Waals surface area contributed by atoms with Gasteiger partial charge in [-0.15, -0.1) is 11.3 Å². The average molecular weight is 316 g/mol. The van der Waals surface area contributed by atoms with Crippen molar-refractivity contribution in [2.45, 2.75) is 18.2 Å². The van der Waals surface area contributed by atoms with Gasteiger partial charge in [-0.2, -0.15) is 0 Å². The third kappa shape index (κ3) is 2.88. The van der Waals surface area contributed by atoms with Gasteiger partial charge in [0.05, 0.1) is 0 Å². The van der Waals surface area contributed by atoms with Gasteiger partial charge in [0.25, 0.3) is 0 Å². The Bertz CT molecular complexity index is 465. The lowest BCUT2D eigenvalue weighted by molar-refractivity contribution is 0.957. The highest BCUT2D eigenvalue weighted by atomic mass is 79.9. The molecule has 1 aromatic carbocycles. The van der Waals surface area contributed by atoms with Crippen molar-refractivity contribution in [1.82, 2.24) is 0 Å². The van der Waals surface area contributed by atoms with E-state index in [4.69, 9.17) is 11.6 Å². The summed E-state index contributed by atoms with van der Waals surface area (Å²) in [4.78, 5) is 1.76. The number of benzene rings is 1. The Hall–Kier alpha value is -0.310. The Morgan fingerprint density at radius 3 is 2.81 bits per heavy atom. The minimum atomic E-state index is 0.364. The molecule has 0 bridgehead atoms. The molecule has 1 aromatic heterocycles. The summed E-state index contributed by atoms with van der Waals surface area (Å²) in [7, 11) is 0. The van der Waals surface area contributed by atoms with Gasteiger partial charge in [-0.3, -0.25) is 0 Å². The molecule has 1 heterocycles. The Morgan fingerprint density at radius 2 is 2.19 bits per heavy atom. The maximum absolute atomic E-state index is 5.95. The third-order valence-electron chi connectivity index (χ3n) is 2.53. The SMILES string of the molecule is Cc1cc(Cl)ccc1C(Br)Cc1cccs1. The van der Waals surface area contributed by atoms with E-state index in [1.807, 2.05) is 12.1 Å². The lowest BCUT2D eigenvalue weighted by atomic mass is 10.0. The number of halogens is 2. The zero-order valence-corrected chi connectivity index (χ0v) is 12.1. The molecule has 0 nitrogen and oxygen atoms in total. The van der Waals surface area contributed by atoms with Crippen LogP contribution in [0.15, 0.2) is 35.7 Å². The molecule has 84 valence electrons. The number of hydrogen-bond donors (Lipinski definition) is 0. The quantitative estimate of drug-likeness (QED) is 0.666. The molecule has 0 spiro atoms. The molecule has 1 atom stereocenters. The first-order valence-electron chi connectivity index (χ1n) is 5.09. The monoisotopic (exact) mass is 314 g/mol. The molecule has 2 aromatic rings. The number of alkyl halides is 1. The van der Waals surface area contributed by atoms with E-state index in [1.165, 1.54) is 16.0 Å². The van der Waals surface area contributed by atoms with Crippen molar-refractivity contribution in [3.05, 3.63) is 56.7 Å². The van der Waals surface area contributed by atoms with Crippen LogP contribution in [0.25, 0.3) is 0 Å². The topological polar surface area (TPSA) is 0 Å². The first kappa shape index (κ1) is 12.2. The summed E-state index contributed by atoms with van der Waals surface area (Å²) in [6.45, 7) is 2.10. The fourth-order valence-corrected chi connectivity index (χ4v) is 3.76. The van der Waals surface area contributed by atoms with Crippen LogP contribution in [0.1, 0.15) is 20.8 Å². The molecule has 3 heteroatoms. The van der Waals surface area contributed by atoms with Crippen molar-refractivity contribution in [3.63, 3.8) is 0 Å². The van der Waals surface area contributed by atoms with Crippen molar-refractivity contribution in [1.29, 1.82) is 0 Å². The predicted molar refractivity (Wildman–Crippen MR) is 75.9 cm³/mol. The Labute approximate surface area is 113 Å². The maximum atomic E-state index is 5.95. The molecule has 0 saturated carbocycles. The van der Waals surface area contributed by atoms with E-state index < -0.39 is 0 Å². The van der Waals surface area contributed by atoms with E-state index in [-0.39, 0.29) is 0 Å². The molecule has 0 aliphatic heterocycles. The smallest absolute Gasteiger partial charge is 0.0446 e. The van der Waals surface area contributed by atoms with Crippen LogP contribution in [0.3, 0.4) is 0 Å². The van der Waals surface area contributed by atoms with Crippen LogP contribution in [0, 0.1) is 6.92 Å². The van der Waals surface area contributed by atoms with Gasteiger partial charge in [0.1, 0.15) is 0 Å². The maximum Gasteiger partial charge on any atom is 0.0446 e. The van der Waals surface area contributed by atoms with Crippen molar-refractivity contribution in [2.75, 3.05) is 0 Å². The number of thiophene rings is 1. The van der Waals surface area contributed by atoms with Crippen molar-refractivity contribution in [3.8, 4) is 0 Å². The lowest BCUT2D eigenvalue weighted by Gasteiger charge is -2.12. The molecule has 16 heavy (non-hydrogen) atoms. The zero-order valence-electron chi connectivity index (χ0n) is 8.91. The van der Waals surface area contributed by atoms with Gasteiger partial charge in [0.15, 0.2) is 0 Å². The second-order valence-electron chi connectivity index (χ2n) is 3.75. The summed E-state index contributed by atoms with van der Waals surface area (Å²) in [5.41, 5.74) is 2.56. The van der Waals surface area contributed by atoms with Gasteiger partial charge in [-0.25, -0.2) is 0 Å². The summed E-state index contributed by atoms with van der Waals surface area (Å²) < 4.78 is 0. The zero-order chi connectivity index (χ0) is 11.5. The molecular formula is C13H12BrClS. The van der Waals surface area contributed by atoms with Gasteiger partial charge in [0.2, 0.25) is 0 Å². The normalized spacial score (nSPS) is 12.7. The second-order valence-corrected chi connectivity index (χ2v) is 6.33. The summed E-state index contributed by atoms with van der Waals surface area (Å²) >= 11 is 11.5. The molecule has 0 fully saturated rings. The van der Waals surface area contributed by atoms with E-state index in [1.54, 1.807) is 11.3 Å².